The highest BCUT2D eigenvalue weighted by molar-refractivity contribution is 6.01. The summed E-state index contributed by atoms with van der Waals surface area (Å²) < 4.78 is 0. The lowest BCUT2D eigenvalue weighted by Crippen LogP contribution is -2.38. The van der Waals surface area contributed by atoms with Gasteiger partial charge in [0, 0.05) is 24.4 Å². The number of nitro benzene ring substituents is 1. The molecule has 0 radical (unpaired) electrons. The smallest absolute Gasteiger partial charge is 0.292 e. The number of nitrogens with one attached hydrogen (secondary N) is 3. The number of benzene rings is 2. The van der Waals surface area contributed by atoms with Crippen molar-refractivity contribution in [2.45, 2.75) is 6.17 Å². The molecule has 3 rings (SSSR count). The number of hydrogen-bond donors (Lipinski definition) is 3. The summed E-state index contributed by atoms with van der Waals surface area (Å²) in [4.78, 5) is 22.8. The van der Waals surface area contributed by atoms with Gasteiger partial charge in [-0.15, -0.1) is 0 Å². The third-order valence-electron chi connectivity index (χ3n) is 3.57. The van der Waals surface area contributed by atoms with E-state index in [1.165, 1.54) is 6.07 Å². The van der Waals surface area contributed by atoms with E-state index in [2.05, 4.69) is 16.0 Å². The lowest BCUT2D eigenvalue weighted by Gasteiger charge is -2.28. The molecule has 0 unspecified atom stereocenters. The number of carbonyl (C=O) groups excluding carboxylic acids is 1. The topological polar surface area (TPSA) is 96.3 Å². The van der Waals surface area contributed by atoms with Gasteiger partial charge in [0.25, 0.3) is 11.6 Å². The summed E-state index contributed by atoms with van der Waals surface area (Å²) in [6, 6.07) is 12.0. The monoisotopic (exact) mass is 298 g/mol. The van der Waals surface area contributed by atoms with E-state index in [1.54, 1.807) is 37.4 Å². The Kier molecular flexibility index (Phi) is 3.38. The van der Waals surface area contributed by atoms with Gasteiger partial charge in [0.1, 0.15) is 11.9 Å². The van der Waals surface area contributed by atoms with Gasteiger partial charge in [-0.1, -0.05) is 18.2 Å². The van der Waals surface area contributed by atoms with Crippen molar-refractivity contribution in [2.75, 3.05) is 17.7 Å². The zero-order chi connectivity index (χ0) is 15.7. The Balaban J connectivity index is 1.98. The maximum Gasteiger partial charge on any atom is 0.292 e. The summed E-state index contributed by atoms with van der Waals surface area (Å²) in [6.45, 7) is 0. The first-order valence-corrected chi connectivity index (χ1v) is 6.72. The zero-order valence-electron chi connectivity index (χ0n) is 11.8. The molecule has 0 aliphatic carbocycles. The number of rotatable bonds is 3. The minimum atomic E-state index is -0.507. The molecule has 22 heavy (non-hydrogen) atoms. The highest BCUT2D eigenvalue weighted by Gasteiger charge is 2.26. The molecule has 1 atom stereocenters. The van der Waals surface area contributed by atoms with Crippen LogP contribution >= 0.6 is 0 Å². The van der Waals surface area contributed by atoms with Crippen LogP contribution in [0.5, 0.6) is 0 Å². The summed E-state index contributed by atoms with van der Waals surface area (Å²) >= 11 is 0. The number of nitro groups is 1. The van der Waals surface area contributed by atoms with Gasteiger partial charge in [-0.05, 0) is 18.2 Å². The van der Waals surface area contributed by atoms with Crippen molar-refractivity contribution >= 4 is 23.0 Å². The zero-order valence-corrected chi connectivity index (χ0v) is 11.8. The van der Waals surface area contributed by atoms with Gasteiger partial charge >= 0.3 is 0 Å². The fourth-order valence-electron chi connectivity index (χ4n) is 2.46. The van der Waals surface area contributed by atoms with Gasteiger partial charge in [-0.25, -0.2) is 0 Å². The quantitative estimate of drug-likeness (QED) is 0.597. The Bertz CT molecular complexity index is 760. The number of carbonyl (C=O) groups is 1. The molecule has 3 N–H and O–H groups in total. The van der Waals surface area contributed by atoms with Gasteiger partial charge < -0.3 is 16.0 Å². The van der Waals surface area contributed by atoms with Gasteiger partial charge in [0.05, 0.1) is 10.5 Å². The minimum absolute atomic E-state index is 0.0325. The molecule has 1 aliphatic heterocycles. The summed E-state index contributed by atoms with van der Waals surface area (Å²) in [7, 11) is 1.62. The second kappa shape index (κ2) is 5.36. The van der Waals surface area contributed by atoms with Crippen LogP contribution in [0, 0.1) is 10.1 Å². The van der Waals surface area contributed by atoms with Crippen molar-refractivity contribution in [2.24, 2.45) is 0 Å². The van der Waals surface area contributed by atoms with Gasteiger partial charge in [0.15, 0.2) is 0 Å². The van der Waals surface area contributed by atoms with Gasteiger partial charge in [0.2, 0.25) is 0 Å². The molecule has 0 spiro atoms. The molecule has 1 amide bonds. The number of amides is 1. The largest absolute Gasteiger partial charge is 0.383 e. The van der Waals surface area contributed by atoms with Crippen molar-refractivity contribution in [3.8, 4) is 0 Å². The maximum atomic E-state index is 12.1. The number of fused-ring (bicyclic) bond motifs is 1. The molecule has 7 heteroatoms. The standard InChI is InChI=1S/C15H14N4O3/c1-16-12-7-6-9(8-13(12)19(21)22)14-17-11-5-3-2-4-10(11)15(20)18-14/h2-8,14,16-17H,1H3,(H,18,20)/t14-/m0/s1. The van der Waals surface area contributed by atoms with Crippen LogP contribution in [-0.2, 0) is 0 Å². The average molecular weight is 298 g/mol. The van der Waals surface area contributed by atoms with Crippen molar-refractivity contribution < 1.29 is 9.72 Å². The maximum absolute atomic E-state index is 12.1. The molecule has 1 aliphatic rings. The average Bonchev–Trinajstić information content (AvgIpc) is 2.54. The fourth-order valence-corrected chi connectivity index (χ4v) is 2.46. The van der Waals surface area contributed by atoms with E-state index in [-0.39, 0.29) is 11.6 Å². The Morgan fingerprint density at radius 1 is 1.18 bits per heavy atom. The van der Waals surface area contributed by atoms with Crippen molar-refractivity contribution in [1.29, 1.82) is 0 Å². The minimum Gasteiger partial charge on any atom is -0.383 e. The molecular weight excluding hydrogens is 284 g/mol. The van der Waals surface area contributed by atoms with Crippen LogP contribution in [0.3, 0.4) is 0 Å². The number of para-hydroxylation sites is 1. The fraction of sp³-hybridized carbons (Fsp3) is 0.133. The van der Waals surface area contributed by atoms with Crippen LogP contribution in [0.2, 0.25) is 0 Å². The van der Waals surface area contributed by atoms with E-state index in [1.807, 2.05) is 6.07 Å². The van der Waals surface area contributed by atoms with Gasteiger partial charge in [-0.3, -0.25) is 14.9 Å². The molecule has 0 saturated carbocycles. The SMILES string of the molecule is CNc1ccc([C@@H]2NC(=O)c3ccccc3N2)cc1[N+](=O)[O-]. The Hall–Kier alpha value is -3.09. The summed E-state index contributed by atoms with van der Waals surface area (Å²) in [5, 5.41) is 19.9. The molecule has 2 aromatic rings. The van der Waals surface area contributed by atoms with Crippen LogP contribution < -0.4 is 16.0 Å². The molecule has 7 nitrogen and oxygen atoms in total. The number of hydrogen-bond acceptors (Lipinski definition) is 5. The lowest BCUT2D eigenvalue weighted by atomic mass is 10.0. The van der Waals surface area contributed by atoms with Gasteiger partial charge in [-0.2, -0.15) is 0 Å². The predicted octanol–water partition coefficient (Wildman–Crippen LogP) is 2.49. The highest BCUT2D eigenvalue weighted by atomic mass is 16.6. The second-order valence-corrected chi connectivity index (χ2v) is 4.88. The molecule has 1 heterocycles. The van der Waals surface area contributed by atoms with Crippen LogP contribution in [0.25, 0.3) is 0 Å². The van der Waals surface area contributed by atoms with Crippen molar-refractivity contribution in [1.82, 2.24) is 5.32 Å². The van der Waals surface area contributed by atoms with E-state index in [0.717, 1.165) is 0 Å². The summed E-state index contributed by atoms with van der Waals surface area (Å²) in [5.74, 6) is -0.209. The van der Waals surface area contributed by atoms with Crippen LogP contribution in [-0.4, -0.2) is 17.9 Å². The molecule has 0 fully saturated rings. The predicted molar refractivity (Wildman–Crippen MR) is 82.9 cm³/mol. The third kappa shape index (κ3) is 2.32. The number of anilines is 2. The molecule has 2 aromatic carbocycles. The summed E-state index contributed by atoms with van der Waals surface area (Å²) in [6.07, 6.45) is -0.507. The normalized spacial score (nSPS) is 16.2. The first kappa shape index (κ1) is 13.9. The molecule has 0 saturated heterocycles. The van der Waals surface area contributed by atoms with Crippen molar-refractivity contribution in [3.63, 3.8) is 0 Å². The van der Waals surface area contributed by atoms with E-state index in [9.17, 15) is 14.9 Å². The Morgan fingerprint density at radius 2 is 1.95 bits per heavy atom. The summed E-state index contributed by atoms with van der Waals surface area (Å²) in [5.41, 5.74) is 2.27. The van der Waals surface area contributed by atoms with Crippen LogP contribution in [0.15, 0.2) is 42.5 Å². The van der Waals surface area contributed by atoms with E-state index in [4.69, 9.17) is 0 Å². The van der Waals surface area contributed by atoms with E-state index < -0.39 is 11.1 Å². The van der Waals surface area contributed by atoms with E-state index >= 15 is 0 Å². The van der Waals surface area contributed by atoms with Crippen LogP contribution in [0.4, 0.5) is 17.1 Å². The molecule has 0 bridgehead atoms. The molecule has 112 valence electrons. The van der Waals surface area contributed by atoms with Crippen LogP contribution in [0.1, 0.15) is 22.1 Å². The Morgan fingerprint density at radius 3 is 2.68 bits per heavy atom. The number of nitrogens with zero attached hydrogens (tertiary/aromatic N) is 1. The van der Waals surface area contributed by atoms with Crippen molar-refractivity contribution in [3.05, 3.63) is 63.7 Å². The second-order valence-electron chi connectivity index (χ2n) is 4.88. The highest BCUT2D eigenvalue weighted by Crippen LogP contribution is 2.31. The third-order valence-corrected chi connectivity index (χ3v) is 3.57. The lowest BCUT2D eigenvalue weighted by molar-refractivity contribution is -0.384. The first-order valence-electron chi connectivity index (χ1n) is 6.72. The van der Waals surface area contributed by atoms with E-state index in [0.29, 0.717) is 22.5 Å². The first-order chi connectivity index (χ1) is 10.6. The molecule has 0 aromatic heterocycles. The Labute approximate surface area is 126 Å². The molecular formula is C15H14N4O3.